The van der Waals surface area contributed by atoms with Gasteiger partial charge in [0.15, 0.2) is 0 Å². The van der Waals surface area contributed by atoms with Gasteiger partial charge in [-0.1, -0.05) is 41.9 Å². The number of hydrogen-bond donors (Lipinski definition) is 1. The van der Waals surface area contributed by atoms with Crippen molar-refractivity contribution in [3.8, 4) is 0 Å². The first kappa shape index (κ1) is 18.4. The van der Waals surface area contributed by atoms with Crippen molar-refractivity contribution < 1.29 is 9.84 Å². The fourth-order valence-electron chi connectivity index (χ4n) is 5.36. The monoisotopic (exact) mass is 399 g/mol. The Hall–Kier alpha value is -1.66. The summed E-state index contributed by atoms with van der Waals surface area (Å²) in [5.74, 6) is 1.72. The van der Waals surface area contributed by atoms with Crippen LogP contribution < -0.4 is 4.90 Å². The van der Waals surface area contributed by atoms with E-state index >= 15 is 0 Å². The summed E-state index contributed by atoms with van der Waals surface area (Å²) in [6.07, 6.45) is 1.32. The van der Waals surface area contributed by atoms with Crippen molar-refractivity contribution in [1.29, 1.82) is 0 Å². The fraction of sp³-hybridized carbons (Fsp3) is 0.500. The van der Waals surface area contributed by atoms with Crippen LogP contribution in [0.25, 0.3) is 0 Å². The van der Waals surface area contributed by atoms with Gasteiger partial charge in [-0.25, -0.2) is 4.98 Å². The first-order valence-electron chi connectivity index (χ1n) is 10.1. The molecule has 1 N–H and O–H groups in total. The number of hydrogen-bond acceptors (Lipinski definition) is 5. The number of aliphatic hydroxyl groups excluding tert-OH is 1. The number of β-amino-alcohol motifs (C(OH)–C–C–N with tert-alkyl or cyclic N) is 1. The van der Waals surface area contributed by atoms with Crippen LogP contribution in [0.5, 0.6) is 0 Å². The van der Waals surface area contributed by atoms with Gasteiger partial charge in [0, 0.05) is 44.3 Å². The molecule has 28 heavy (non-hydrogen) atoms. The van der Waals surface area contributed by atoms with E-state index in [2.05, 4.69) is 45.1 Å². The standard InChI is InChI=1S/C22H26ClN3O2/c23-17-6-7-20(24-12-17)26-14-19(27)22(15-26)18(13-25-8-10-28-11-9-25)21(22)16-4-2-1-3-5-16/h1-7,12,18-19,21,27H,8-11,13-15H2/t18-,19-,21-,22-/m1/s1. The zero-order valence-corrected chi connectivity index (χ0v) is 16.6. The molecule has 1 aliphatic carbocycles. The van der Waals surface area contributed by atoms with E-state index in [9.17, 15) is 5.11 Å². The molecule has 2 saturated heterocycles. The van der Waals surface area contributed by atoms with Crippen molar-refractivity contribution in [1.82, 2.24) is 9.88 Å². The van der Waals surface area contributed by atoms with E-state index in [0.29, 0.717) is 23.4 Å². The van der Waals surface area contributed by atoms with Crippen LogP contribution in [0, 0.1) is 11.3 Å². The second kappa shape index (κ2) is 7.30. The van der Waals surface area contributed by atoms with E-state index in [4.69, 9.17) is 16.3 Å². The van der Waals surface area contributed by atoms with Gasteiger partial charge in [-0.05, 0) is 29.5 Å². The highest BCUT2D eigenvalue weighted by Gasteiger charge is 2.71. The summed E-state index contributed by atoms with van der Waals surface area (Å²) in [6, 6.07) is 14.5. The Kier molecular flexibility index (Phi) is 4.79. The van der Waals surface area contributed by atoms with Crippen molar-refractivity contribution in [2.75, 3.05) is 50.8 Å². The highest BCUT2D eigenvalue weighted by Crippen LogP contribution is 2.69. The first-order chi connectivity index (χ1) is 13.7. The number of halogens is 1. The van der Waals surface area contributed by atoms with Crippen molar-refractivity contribution in [3.63, 3.8) is 0 Å². The highest BCUT2D eigenvalue weighted by atomic mass is 35.5. The normalized spacial score (nSPS) is 32.8. The number of aliphatic hydroxyl groups is 1. The van der Waals surface area contributed by atoms with Crippen LogP contribution in [0.1, 0.15) is 11.5 Å². The summed E-state index contributed by atoms with van der Waals surface area (Å²) in [4.78, 5) is 9.20. The molecular weight excluding hydrogens is 374 g/mol. The third-order valence-electron chi connectivity index (χ3n) is 6.79. The molecule has 1 spiro atoms. The number of aromatic nitrogens is 1. The molecular formula is C22H26ClN3O2. The number of pyridine rings is 1. The lowest BCUT2D eigenvalue weighted by atomic mass is 9.95. The Morgan fingerprint density at radius 1 is 1.14 bits per heavy atom. The molecule has 0 unspecified atom stereocenters. The predicted molar refractivity (Wildman–Crippen MR) is 110 cm³/mol. The molecule has 4 atom stereocenters. The highest BCUT2D eigenvalue weighted by molar-refractivity contribution is 6.30. The van der Waals surface area contributed by atoms with Gasteiger partial charge in [0.1, 0.15) is 5.82 Å². The van der Waals surface area contributed by atoms with Gasteiger partial charge in [0.05, 0.1) is 24.3 Å². The molecule has 1 saturated carbocycles. The van der Waals surface area contributed by atoms with Crippen LogP contribution in [0.15, 0.2) is 48.7 Å². The van der Waals surface area contributed by atoms with Crippen molar-refractivity contribution in [2.24, 2.45) is 11.3 Å². The molecule has 0 amide bonds. The van der Waals surface area contributed by atoms with E-state index in [1.54, 1.807) is 6.20 Å². The van der Waals surface area contributed by atoms with E-state index in [0.717, 1.165) is 45.2 Å². The molecule has 5 rings (SSSR count). The molecule has 3 heterocycles. The molecule has 5 nitrogen and oxygen atoms in total. The van der Waals surface area contributed by atoms with Gasteiger partial charge in [0.2, 0.25) is 0 Å². The quantitative estimate of drug-likeness (QED) is 0.856. The summed E-state index contributed by atoms with van der Waals surface area (Å²) in [7, 11) is 0. The Balaban J connectivity index is 1.42. The van der Waals surface area contributed by atoms with Gasteiger partial charge in [0.25, 0.3) is 0 Å². The second-order valence-electron chi connectivity index (χ2n) is 8.25. The fourth-order valence-corrected chi connectivity index (χ4v) is 5.47. The van der Waals surface area contributed by atoms with Gasteiger partial charge >= 0.3 is 0 Å². The van der Waals surface area contributed by atoms with Crippen LogP contribution >= 0.6 is 11.6 Å². The van der Waals surface area contributed by atoms with Crippen LogP contribution in [-0.4, -0.2) is 67.0 Å². The number of ether oxygens (including phenoxy) is 1. The third-order valence-corrected chi connectivity index (χ3v) is 7.02. The first-order valence-corrected chi connectivity index (χ1v) is 10.5. The van der Waals surface area contributed by atoms with E-state index in [1.807, 2.05) is 12.1 Å². The summed E-state index contributed by atoms with van der Waals surface area (Å²) < 4.78 is 5.52. The van der Waals surface area contributed by atoms with E-state index in [1.165, 1.54) is 5.56 Å². The largest absolute Gasteiger partial charge is 0.391 e. The maximum Gasteiger partial charge on any atom is 0.128 e. The molecule has 0 radical (unpaired) electrons. The Morgan fingerprint density at radius 3 is 2.64 bits per heavy atom. The molecule has 3 fully saturated rings. The minimum Gasteiger partial charge on any atom is -0.391 e. The number of benzene rings is 1. The molecule has 148 valence electrons. The number of rotatable bonds is 4. The van der Waals surface area contributed by atoms with Crippen molar-refractivity contribution >= 4 is 17.4 Å². The molecule has 1 aromatic carbocycles. The van der Waals surface area contributed by atoms with Crippen LogP contribution in [0.3, 0.4) is 0 Å². The van der Waals surface area contributed by atoms with Crippen LogP contribution in [0.2, 0.25) is 5.02 Å². The van der Waals surface area contributed by atoms with E-state index < -0.39 is 0 Å². The molecule has 0 bridgehead atoms. The van der Waals surface area contributed by atoms with Gasteiger partial charge in [-0.3, -0.25) is 4.90 Å². The number of morpholine rings is 1. The minimum atomic E-state index is -0.360. The Bertz CT molecular complexity index is 812. The van der Waals surface area contributed by atoms with Crippen molar-refractivity contribution in [3.05, 3.63) is 59.2 Å². The number of nitrogens with zero attached hydrogens (tertiary/aromatic N) is 3. The van der Waals surface area contributed by atoms with Gasteiger partial charge in [-0.15, -0.1) is 0 Å². The topological polar surface area (TPSA) is 48.8 Å². The zero-order chi connectivity index (χ0) is 19.1. The Labute approximate surface area is 170 Å². The molecule has 2 aromatic rings. The smallest absolute Gasteiger partial charge is 0.128 e. The predicted octanol–water partition coefficient (Wildman–Crippen LogP) is 2.65. The number of anilines is 1. The lowest BCUT2D eigenvalue weighted by Crippen LogP contribution is -2.39. The Morgan fingerprint density at radius 2 is 1.93 bits per heavy atom. The molecule has 6 heteroatoms. The lowest BCUT2D eigenvalue weighted by molar-refractivity contribution is 0.0311. The summed E-state index contributed by atoms with van der Waals surface area (Å²) >= 11 is 6.00. The lowest BCUT2D eigenvalue weighted by Gasteiger charge is -2.27. The zero-order valence-electron chi connectivity index (χ0n) is 15.9. The minimum absolute atomic E-state index is 0.110. The van der Waals surface area contributed by atoms with Crippen LogP contribution in [0.4, 0.5) is 5.82 Å². The van der Waals surface area contributed by atoms with Crippen LogP contribution in [-0.2, 0) is 4.74 Å². The van der Waals surface area contributed by atoms with Gasteiger partial charge in [-0.2, -0.15) is 0 Å². The maximum absolute atomic E-state index is 11.2. The third kappa shape index (κ3) is 3.11. The average molecular weight is 400 g/mol. The summed E-state index contributed by atoms with van der Waals surface area (Å²) in [5.41, 5.74) is 1.23. The molecule has 2 aliphatic heterocycles. The molecule has 1 aromatic heterocycles. The second-order valence-corrected chi connectivity index (χ2v) is 8.69. The average Bonchev–Trinajstić information content (AvgIpc) is 3.22. The molecule has 3 aliphatic rings. The van der Waals surface area contributed by atoms with Crippen molar-refractivity contribution in [2.45, 2.75) is 12.0 Å². The van der Waals surface area contributed by atoms with Gasteiger partial charge < -0.3 is 14.7 Å². The summed E-state index contributed by atoms with van der Waals surface area (Å²) in [5, 5.41) is 11.8. The summed E-state index contributed by atoms with van der Waals surface area (Å²) in [6.45, 7) is 6.04. The maximum atomic E-state index is 11.2. The van der Waals surface area contributed by atoms with E-state index in [-0.39, 0.29) is 11.5 Å². The SMILES string of the molecule is O[C@@H]1CN(c2ccc(Cl)cn2)C[C@@]12[C@H](CN1CCOCC1)[C@H]2c1ccccc1.